The number of rotatable bonds is 26. The van der Waals surface area contributed by atoms with Gasteiger partial charge in [0.2, 0.25) is 5.91 Å². The maximum absolute atomic E-state index is 12.0. The summed E-state index contributed by atoms with van der Waals surface area (Å²) >= 11 is 0. The van der Waals surface area contributed by atoms with E-state index in [1.54, 1.807) is 0 Å². The number of ketones is 1. The third-order valence-corrected chi connectivity index (χ3v) is 6.35. The lowest BCUT2D eigenvalue weighted by Gasteiger charge is -2.17. The average Bonchev–Trinajstić information content (AvgIpc) is 2.81. The highest BCUT2D eigenvalue weighted by atomic mass is 16.5. The van der Waals surface area contributed by atoms with Crippen molar-refractivity contribution in [3.63, 3.8) is 0 Å². The first kappa shape index (κ1) is 34.1. The molecule has 5 heteroatoms. The molecule has 0 heterocycles. The van der Waals surface area contributed by atoms with E-state index in [9.17, 15) is 9.59 Å². The van der Waals surface area contributed by atoms with E-state index in [0.717, 1.165) is 25.7 Å². The Labute approximate surface area is 217 Å². The first-order valence-corrected chi connectivity index (χ1v) is 14.8. The maximum Gasteiger partial charge on any atom is 0.220 e. The van der Waals surface area contributed by atoms with Crippen LogP contribution in [0.15, 0.2) is 0 Å². The summed E-state index contributed by atoms with van der Waals surface area (Å²) in [7, 11) is 0. The molecular formula is C30H59NO4. The fraction of sp³-hybridized carbons (Fsp3) is 0.933. The molecule has 0 spiro atoms. The van der Waals surface area contributed by atoms with Crippen LogP contribution in [-0.4, -0.2) is 44.7 Å². The first-order valence-electron chi connectivity index (χ1n) is 14.8. The molecule has 0 fully saturated rings. The quantitative estimate of drug-likeness (QED) is 0.124. The lowest BCUT2D eigenvalue weighted by molar-refractivity contribution is -0.122. The van der Waals surface area contributed by atoms with E-state index in [4.69, 9.17) is 9.47 Å². The van der Waals surface area contributed by atoms with Gasteiger partial charge in [-0.15, -0.1) is 0 Å². The summed E-state index contributed by atoms with van der Waals surface area (Å²) < 4.78 is 11.0. The van der Waals surface area contributed by atoms with Crippen molar-refractivity contribution in [3.8, 4) is 0 Å². The molecule has 0 unspecified atom stereocenters. The molecule has 0 aliphatic heterocycles. The lowest BCUT2D eigenvalue weighted by Crippen LogP contribution is -2.28. The number of amides is 1. The van der Waals surface area contributed by atoms with Crippen LogP contribution in [0.25, 0.3) is 0 Å². The van der Waals surface area contributed by atoms with Crippen molar-refractivity contribution in [3.05, 3.63) is 0 Å². The SMILES string of the molecule is CCCCCCCCCCCCCCCC(=O)CCCOCCOCCNC(=O)CCC(C)(C)C. The Morgan fingerprint density at radius 1 is 0.600 bits per heavy atom. The van der Waals surface area contributed by atoms with Gasteiger partial charge in [-0.3, -0.25) is 9.59 Å². The van der Waals surface area contributed by atoms with Crippen molar-refractivity contribution in [1.29, 1.82) is 0 Å². The van der Waals surface area contributed by atoms with Gasteiger partial charge in [0, 0.05) is 32.4 Å². The molecule has 0 aliphatic rings. The molecule has 35 heavy (non-hydrogen) atoms. The van der Waals surface area contributed by atoms with Crippen LogP contribution in [0.4, 0.5) is 0 Å². The number of unbranched alkanes of at least 4 members (excludes halogenated alkanes) is 12. The van der Waals surface area contributed by atoms with Gasteiger partial charge >= 0.3 is 0 Å². The minimum atomic E-state index is 0.0863. The smallest absolute Gasteiger partial charge is 0.220 e. The van der Waals surface area contributed by atoms with Gasteiger partial charge in [0.25, 0.3) is 0 Å². The van der Waals surface area contributed by atoms with Crippen LogP contribution >= 0.6 is 0 Å². The van der Waals surface area contributed by atoms with Crippen LogP contribution in [0.1, 0.15) is 143 Å². The standard InChI is InChI=1S/C30H59NO4/c1-5-6-7-8-9-10-11-12-13-14-15-16-17-19-28(32)20-18-24-34-26-27-35-25-23-31-29(33)21-22-30(2,3)4/h5-27H2,1-4H3,(H,31,33). The number of hydrogen-bond donors (Lipinski definition) is 1. The second-order valence-electron chi connectivity index (χ2n) is 11.3. The molecule has 0 rings (SSSR count). The Hall–Kier alpha value is -0.940. The molecule has 0 aliphatic carbocycles. The van der Waals surface area contributed by atoms with E-state index in [0.29, 0.717) is 51.6 Å². The molecule has 5 nitrogen and oxygen atoms in total. The summed E-state index contributed by atoms with van der Waals surface area (Å²) in [6, 6.07) is 0. The zero-order chi connectivity index (χ0) is 26.0. The number of nitrogens with one attached hydrogen (secondary N) is 1. The third-order valence-electron chi connectivity index (χ3n) is 6.35. The van der Waals surface area contributed by atoms with Gasteiger partial charge in [-0.2, -0.15) is 0 Å². The molecule has 1 amide bonds. The van der Waals surface area contributed by atoms with Gasteiger partial charge in [-0.05, 0) is 24.7 Å². The lowest BCUT2D eigenvalue weighted by atomic mass is 9.90. The Morgan fingerprint density at radius 2 is 1.09 bits per heavy atom. The highest BCUT2D eigenvalue weighted by Crippen LogP contribution is 2.20. The molecule has 0 saturated heterocycles. The van der Waals surface area contributed by atoms with Crippen LogP contribution in [0.3, 0.4) is 0 Å². The van der Waals surface area contributed by atoms with E-state index < -0.39 is 0 Å². The van der Waals surface area contributed by atoms with Crippen LogP contribution in [-0.2, 0) is 19.1 Å². The highest BCUT2D eigenvalue weighted by Gasteiger charge is 2.12. The molecule has 208 valence electrons. The van der Waals surface area contributed by atoms with Gasteiger partial charge in [0.05, 0.1) is 19.8 Å². The largest absolute Gasteiger partial charge is 0.379 e. The van der Waals surface area contributed by atoms with Crippen LogP contribution in [0.2, 0.25) is 0 Å². The third kappa shape index (κ3) is 29.2. The molecule has 0 saturated carbocycles. The Kier molecular flexibility index (Phi) is 24.1. The van der Waals surface area contributed by atoms with E-state index in [1.807, 2.05) is 0 Å². The summed E-state index contributed by atoms with van der Waals surface area (Å²) in [6.07, 6.45) is 20.9. The molecule has 0 aromatic heterocycles. The Balaban J connectivity index is 3.25. The van der Waals surface area contributed by atoms with Gasteiger partial charge in [-0.25, -0.2) is 0 Å². The maximum atomic E-state index is 12.0. The number of ether oxygens (including phenoxy) is 2. The fourth-order valence-electron chi connectivity index (χ4n) is 4.00. The van der Waals surface area contributed by atoms with Crippen LogP contribution < -0.4 is 5.32 Å². The second-order valence-corrected chi connectivity index (χ2v) is 11.3. The van der Waals surface area contributed by atoms with E-state index in [-0.39, 0.29) is 11.3 Å². The van der Waals surface area contributed by atoms with Crippen LogP contribution in [0.5, 0.6) is 0 Å². The van der Waals surface area contributed by atoms with Gasteiger partial charge in [0.15, 0.2) is 0 Å². The normalized spacial score (nSPS) is 11.7. The number of hydrogen-bond acceptors (Lipinski definition) is 4. The van der Waals surface area contributed by atoms with Crippen molar-refractivity contribution < 1.29 is 19.1 Å². The molecule has 0 aromatic carbocycles. The molecule has 0 aromatic rings. The van der Waals surface area contributed by atoms with E-state index in [1.165, 1.54) is 77.0 Å². The van der Waals surface area contributed by atoms with E-state index >= 15 is 0 Å². The van der Waals surface area contributed by atoms with Crippen LogP contribution in [0, 0.1) is 5.41 Å². The molecule has 0 atom stereocenters. The van der Waals surface area contributed by atoms with Crippen molar-refractivity contribution >= 4 is 11.7 Å². The van der Waals surface area contributed by atoms with E-state index in [2.05, 4.69) is 33.0 Å². The first-order chi connectivity index (χ1) is 16.8. The zero-order valence-corrected chi connectivity index (χ0v) is 23.9. The van der Waals surface area contributed by atoms with Crippen molar-refractivity contribution in [1.82, 2.24) is 5.32 Å². The Bertz CT molecular complexity index is 487. The summed E-state index contributed by atoms with van der Waals surface area (Å²) in [4.78, 5) is 23.7. The van der Waals surface area contributed by atoms with Gasteiger partial charge in [-0.1, -0.05) is 105 Å². The molecule has 0 bridgehead atoms. The number of carbonyl (C=O) groups is 2. The highest BCUT2D eigenvalue weighted by molar-refractivity contribution is 5.78. The topological polar surface area (TPSA) is 64.6 Å². The zero-order valence-electron chi connectivity index (χ0n) is 23.9. The number of Topliss-reactive ketones (excluding diaryl/α,β-unsaturated/α-hetero) is 1. The summed E-state index contributed by atoms with van der Waals surface area (Å²) in [5.74, 6) is 0.457. The van der Waals surface area contributed by atoms with Gasteiger partial charge < -0.3 is 14.8 Å². The average molecular weight is 498 g/mol. The predicted molar refractivity (Wildman–Crippen MR) is 148 cm³/mol. The Morgan fingerprint density at radius 3 is 1.63 bits per heavy atom. The van der Waals surface area contributed by atoms with Gasteiger partial charge in [0.1, 0.15) is 5.78 Å². The van der Waals surface area contributed by atoms with Crippen molar-refractivity contribution in [2.24, 2.45) is 5.41 Å². The second kappa shape index (κ2) is 24.7. The van der Waals surface area contributed by atoms with Crippen molar-refractivity contribution in [2.75, 3.05) is 33.0 Å². The number of carbonyl (C=O) groups excluding carboxylic acids is 2. The monoisotopic (exact) mass is 497 g/mol. The summed E-state index contributed by atoms with van der Waals surface area (Å²) in [5.41, 5.74) is 0.183. The summed E-state index contributed by atoms with van der Waals surface area (Å²) in [5, 5.41) is 2.88. The predicted octanol–water partition coefficient (Wildman–Crippen LogP) is 7.79. The molecular weight excluding hydrogens is 438 g/mol. The minimum absolute atomic E-state index is 0.0863. The molecule has 0 radical (unpaired) electrons. The van der Waals surface area contributed by atoms with Crippen molar-refractivity contribution in [2.45, 2.75) is 143 Å². The molecule has 1 N–H and O–H groups in total. The summed E-state index contributed by atoms with van der Waals surface area (Å²) in [6.45, 7) is 11.4. The minimum Gasteiger partial charge on any atom is -0.379 e. The fourth-order valence-corrected chi connectivity index (χ4v) is 4.00.